The molecule has 1 amide bonds. The number of cyclic esters (lactones) is 1. The van der Waals surface area contributed by atoms with E-state index in [4.69, 9.17) is 4.74 Å². The van der Waals surface area contributed by atoms with Crippen LogP contribution in [-0.4, -0.2) is 17.7 Å². The van der Waals surface area contributed by atoms with Crippen LogP contribution in [0.5, 0.6) is 0 Å². The summed E-state index contributed by atoms with van der Waals surface area (Å²) in [6, 6.07) is 3.57. The Morgan fingerprint density at radius 1 is 1.69 bits per heavy atom. The second-order valence-corrected chi connectivity index (χ2v) is 3.61. The number of hydrogen-bond donors (Lipinski definition) is 1. The maximum absolute atomic E-state index is 10.7. The lowest BCUT2D eigenvalue weighted by Gasteiger charge is -2.05. The molecule has 2 rings (SSSR count). The van der Waals surface area contributed by atoms with E-state index in [2.05, 4.69) is 26.2 Å². The van der Waals surface area contributed by atoms with E-state index >= 15 is 0 Å². The van der Waals surface area contributed by atoms with Crippen molar-refractivity contribution >= 4 is 22.0 Å². The van der Waals surface area contributed by atoms with Gasteiger partial charge in [0.2, 0.25) is 0 Å². The number of pyridine rings is 1. The molecule has 13 heavy (non-hydrogen) atoms. The van der Waals surface area contributed by atoms with E-state index in [1.165, 1.54) is 0 Å². The number of amides is 1. The van der Waals surface area contributed by atoms with E-state index < -0.39 is 0 Å². The van der Waals surface area contributed by atoms with Crippen LogP contribution in [0.25, 0.3) is 0 Å². The molecule has 0 bridgehead atoms. The number of nitrogens with zero attached hydrogens (tertiary/aromatic N) is 1. The fourth-order valence-electron chi connectivity index (χ4n) is 1.16. The minimum Gasteiger partial charge on any atom is -0.447 e. The molecule has 0 saturated carbocycles. The minimum atomic E-state index is -0.383. The SMILES string of the molecule is O=C1N[C@H](c2cc(Br)ccn2)CO1. The van der Waals surface area contributed by atoms with E-state index in [1.54, 1.807) is 6.20 Å². The van der Waals surface area contributed by atoms with Crippen molar-refractivity contribution in [1.82, 2.24) is 10.3 Å². The summed E-state index contributed by atoms with van der Waals surface area (Å²) < 4.78 is 5.70. The van der Waals surface area contributed by atoms with Crippen molar-refractivity contribution in [1.29, 1.82) is 0 Å². The molecule has 0 unspecified atom stereocenters. The number of carbonyl (C=O) groups excluding carboxylic acids is 1. The summed E-state index contributed by atoms with van der Waals surface area (Å²) in [5.41, 5.74) is 0.806. The molecule has 1 saturated heterocycles. The van der Waals surface area contributed by atoms with Gasteiger partial charge in [0.15, 0.2) is 0 Å². The van der Waals surface area contributed by atoms with Crippen LogP contribution in [-0.2, 0) is 4.74 Å². The van der Waals surface area contributed by atoms with Crippen LogP contribution in [0.2, 0.25) is 0 Å². The fourth-order valence-corrected chi connectivity index (χ4v) is 1.51. The number of rotatable bonds is 1. The standard InChI is InChI=1S/C8H7BrN2O2/c9-5-1-2-10-6(3-5)7-4-13-8(12)11-7/h1-3,7H,4H2,(H,11,12)/t7-/m0/s1. The summed E-state index contributed by atoms with van der Waals surface area (Å²) in [5, 5.41) is 2.65. The number of carbonyl (C=O) groups is 1. The van der Waals surface area contributed by atoms with Gasteiger partial charge in [0.1, 0.15) is 12.6 Å². The number of ether oxygens (including phenoxy) is 1. The van der Waals surface area contributed by atoms with Gasteiger partial charge in [-0.15, -0.1) is 0 Å². The minimum absolute atomic E-state index is 0.120. The molecule has 0 radical (unpaired) electrons. The molecule has 5 heteroatoms. The molecule has 1 aliphatic rings. The normalized spacial score (nSPS) is 21.0. The van der Waals surface area contributed by atoms with Gasteiger partial charge < -0.3 is 10.1 Å². The first-order valence-corrected chi connectivity index (χ1v) is 4.60. The summed E-state index contributed by atoms with van der Waals surface area (Å²) >= 11 is 3.33. The molecule has 68 valence electrons. The third-order valence-electron chi connectivity index (χ3n) is 1.77. The highest BCUT2D eigenvalue weighted by atomic mass is 79.9. The van der Waals surface area contributed by atoms with Crippen LogP contribution in [0, 0.1) is 0 Å². The van der Waals surface area contributed by atoms with Crippen LogP contribution in [0.15, 0.2) is 22.8 Å². The van der Waals surface area contributed by atoms with Crippen LogP contribution < -0.4 is 5.32 Å². The lowest BCUT2D eigenvalue weighted by molar-refractivity contribution is 0.177. The maximum Gasteiger partial charge on any atom is 0.407 e. The lowest BCUT2D eigenvalue weighted by Crippen LogP contribution is -2.19. The van der Waals surface area contributed by atoms with Gasteiger partial charge in [0, 0.05) is 10.7 Å². The van der Waals surface area contributed by atoms with Gasteiger partial charge in [-0.05, 0) is 12.1 Å². The number of alkyl carbamates (subject to hydrolysis) is 1. The van der Waals surface area contributed by atoms with Gasteiger partial charge in [0.05, 0.1) is 5.69 Å². The van der Waals surface area contributed by atoms with Gasteiger partial charge in [0.25, 0.3) is 0 Å². The van der Waals surface area contributed by atoms with Crippen LogP contribution in [0.3, 0.4) is 0 Å². The first-order valence-electron chi connectivity index (χ1n) is 3.80. The maximum atomic E-state index is 10.7. The Labute approximate surface area is 83.4 Å². The third kappa shape index (κ3) is 1.80. The highest BCUT2D eigenvalue weighted by Gasteiger charge is 2.24. The average Bonchev–Trinajstić information content (AvgIpc) is 2.52. The van der Waals surface area contributed by atoms with E-state index in [0.717, 1.165) is 10.2 Å². The predicted molar refractivity (Wildman–Crippen MR) is 49.2 cm³/mol. The van der Waals surface area contributed by atoms with Gasteiger partial charge in [-0.2, -0.15) is 0 Å². The molecule has 1 aliphatic heterocycles. The summed E-state index contributed by atoms with van der Waals surface area (Å²) in [7, 11) is 0. The molecule has 1 fully saturated rings. The molecule has 2 heterocycles. The highest BCUT2D eigenvalue weighted by molar-refractivity contribution is 9.10. The summed E-state index contributed by atoms with van der Waals surface area (Å²) in [4.78, 5) is 14.9. The van der Waals surface area contributed by atoms with Crippen molar-refractivity contribution in [3.8, 4) is 0 Å². The largest absolute Gasteiger partial charge is 0.447 e. The molecule has 1 aromatic rings. The quantitative estimate of drug-likeness (QED) is 0.815. The van der Waals surface area contributed by atoms with Crippen molar-refractivity contribution in [2.24, 2.45) is 0 Å². The summed E-state index contributed by atoms with van der Waals surface area (Å²) in [6.45, 7) is 0.349. The Hall–Kier alpha value is -1.10. The molecule has 1 atom stereocenters. The van der Waals surface area contributed by atoms with Crippen molar-refractivity contribution in [2.75, 3.05) is 6.61 Å². The molecule has 0 aromatic carbocycles. The van der Waals surface area contributed by atoms with E-state index in [9.17, 15) is 4.79 Å². The second-order valence-electron chi connectivity index (χ2n) is 2.69. The average molecular weight is 243 g/mol. The molecule has 1 aromatic heterocycles. The van der Waals surface area contributed by atoms with Crippen molar-refractivity contribution in [2.45, 2.75) is 6.04 Å². The van der Waals surface area contributed by atoms with Crippen LogP contribution in [0.4, 0.5) is 4.79 Å². The molecular formula is C8H7BrN2O2. The van der Waals surface area contributed by atoms with E-state index in [1.807, 2.05) is 12.1 Å². The molecule has 4 nitrogen and oxygen atoms in total. The van der Waals surface area contributed by atoms with Crippen molar-refractivity contribution < 1.29 is 9.53 Å². The Bertz CT molecular complexity index is 343. The van der Waals surface area contributed by atoms with E-state index in [-0.39, 0.29) is 12.1 Å². The zero-order valence-electron chi connectivity index (χ0n) is 6.66. The van der Waals surface area contributed by atoms with E-state index in [0.29, 0.717) is 6.61 Å². The first-order chi connectivity index (χ1) is 6.25. The Morgan fingerprint density at radius 3 is 3.15 bits per heavy atom. The number of hydrogen-bond acceptors (Lipinski definition) is 3. The Kier molecular flexibility index (Phi) is 2.18. The highest BCUT2D eigenvalue weighted by Crippen LogP contribution is 2.18. The molecular weight excluding hydrogens is 236 g/mol. The molecule has 1 N–H and O–H groups in total. The lowest BCUT2D eigenvalue weighted by atomic mass is 10.2. The molecule has 0 spiro atoms. The number of aromatic nitrogens is 1. The van der Waals surface area contributed by atoms with Crippen LogP contribution >= 0.6 is 15.9 Å². The smallest absolute Gasteiger partial charge is 0.407 e. The Balaban J connectivity index is 2.21. The van der Waals surface area contributed by atoms with Crippen LogP contribution in [0.1, 0.15) is 11.7 Å². The third-order valence-corrected chi connectivity index (χ3v) is 2.27. The van der Waals surface area contributed by atoms with Gasteiger partial charge in [-0.3, -0.25) is 4.98 Å². The zero-order chi connectivity index (χ0) is 9.26. The number of halogens is 1. The fraction of sp³-hybridized carbons (Fsp3) is 0.250. The summed E-state index contributed by atoms with van der Waals surface area (Å²) in [5.74, 6) is 0. The van der Waals surface area contributed by atoms with Crippen molar-refractivity contribution in [3.05, 3.63) is 28.5 Å². The second kappa shape index (κ2) is 3.33. The first kappa shape index (κ1) is 8.50. The zero-order valence-corrected chi connectivity index (χ0v) is 8.24. The molecule has 0 aliphatic carbocycles. The van der Waals surface area contributed by atoms with Gasteiger partial charge in [-0.1, -0.05) is 15.9 Å². The van der Waals surface area contributed by atoms with Crippen molar-refractivity contribution in [3.63, 3.8) is 0 Å². The number of nitrogens with one attached hydrogen (secondary N) is 1. The van der Waals surface area contributed by atoms with Gasteiger partial charge in [-0.25, -0.2) is 4.79 Å². The Morgan fingerprint density at radius 2 is 2.54 bits per heavy atom. The summed E-state index contributed by atoms with van der Waals surface area (Å²) in [6.07, 6.45) is 1.30. The predicted octanol–water partition coefficient (Wildman–Crippen LogP) is 1.62. The monoisotopic (exact) mass is 242 g/mol. The topological polar surface area (TPSA) is 51.2 Å². The van der Waals surface area contributed by atoms with Gasteiger partial charge >= 0.3 is 6.09 Å².